The van der Waals surface area contributed by atoms with Crippen LogP contribution in [-0.2, 0) is 6.42 Å². The molecule has 2 aromatic rings. The molecule has 5 heteroatoms. The third-order valence-corrected chi connectivity index (χ3v) is 5.22. The summed E-state index contributed by atoms with van der Waals surface area (Å²) in [5.41, 5.74) is 1.65. The molecular weight excluding hydrogens is 382 g/mol. The van der Waals surface area contributed by atoms with E-state index in [0.29, 0.717) is 24.4 Å². The van der Waals surface area contributed by atoms with Gasteiger partial charge < -0.3 is 4.74 Å². The molecule has 0 bridgehead atoms. The van der Waals surface area contributed by atoms with E-state index in [9.17, 15) is 8.78 Å². The van der Waals surface area contributed by atoms with Gasteiger partial charge in [0, 0.05) is 18.0 Å². The van der Waals surface area contributed by atoms with Crippen LogP contribution in [0.4, 0.5) is 8.78 Å². The summed E-state index contributed by atoms with van der Waals surface area (Å²) in [5.74, 6) is 0.389. The van der Waals surface area contributed by atoms with Crippen molar-refractivity contribution in [2.45, 2.75) is 90.6 Å². The van der Waals surface area contributed by atoms with Crippen molar-refractivity contribution in [2.75, 3.05) is 6.61 Å². The lowest BCUT2D eigenvalue weighted by molar-refractivity contribution is 0.290. The molecule has 0 saturated heterocycles. The van der Waals surface area contributed by atoms with Gasteiger partial charge in [-0.25, -0.2) is 18.7 Å². The van der Waals surface area contributed by atoms with Crippen molar-refractivity contribution in [2.24, 2.45) is 0 Å². The zero-order chi connectivity index (χ0) is 21.6. The first-order valence-corrected chi connectivity index (χ1v) is 11.5. The average molecular weight is 419 g/mol. The standard InChI is InChI=1S/C25H36F2N2O/c1-3-4-5-6-7-8-11-16-30-24-15-14-22(17-23(24)27)25-28-18-21(19-29-25)13-10-9-12-20(2)26/h14-15,17-20H,3-13,16H2,1-2H3. The summed E-state index contributed by atoms with van der Waals surface area (Å²) in [6.45, 7) is 4.34. The summed E-state index contributed by atoms with van der Waals surface area (Å²) in [5, 5.41) is 0. The van der Waals surface area contributed by atoms with Crippen LogP contribution in [0.2, 0.25) is 0 Å². The second-order valence-electron chi connectivity index (χ2n) is 8.06. The van der Waals surface area contributed by atoms with Gasteiger partial charge in [-0.2, -0.15) is 0 Å². The quantitative estimate of drug-likeness (QED) is 0.281. The van der Waals surface area contributed by atoms with Gasteiger partial charge in [0.25, 0.3) is 0 Å². The van der Waals surface area contributed by atoms with E-state index in [1.165, 1.54) is 38.2 Å². The Hall–Kier alpha value is -2.04. The maximum absolute atomic E-state index is 14.4. The molecule has 1 heterocycles. The highest BCUT2D eigenvalue weighted by molar-refractivity contribution is 5.56. The molecule has 1 aromatic heterocycles. The Morgan fingerprint density at radius 3 is 2.30 bits per heavy atom. The number of rotatable bonds is 15. The van der Waals surface area contributed by atoms with E-state index in [1.54, 1.807) is 31.5 Å². The van der Waals surface area contributed by atoms with Gasteiger partial charge in [-0.05, 0) is 56.4 Å². The van der Waals surface area contributed by atoms with E-state index in [0.717, 1.165) is 37.7 Å². The molecule has 0 aliphatic rings. The highest BCUT2D eigenvalue weighted by atomic mass is 19.1. The highest BCUT2D eigenvalue weighted by Gasteiger charge is 2.09. The van der Waals surface area contributed by atoms with Gasteiger partial charge >= 0.3 is 0 Å². The smallest absolute Gasteiger partial charge is 0.165 e. The van der Waals surface area contributed by atoms with Crippen molar-refractivity contribution in [1.29, 1.82) is 0 Å². The van der Waals surface area contributed by atoms with Gasteiger partial charge in [0.2, 0.25) is 0 Å². The molecule has 0 spiro atoms. The van der Waals surface area contributed by atoms with E-state index in [4.69, 9.17) is 4.74 Å². The van der Waals surface area contributed by atoms with Crippen LogP contribution in [-0.4, -0.2) is 22.7 Å². The van der Waals surface area contributed by atoms with Crippen LogP contribution in [0.1, 0.15) is 83.6 Å². The molecule has 166 valence electrons. The van der Waals surface area contributed by atoms with Crippen molar-refractivity contribution in [3.05, 3.63) is 42.0 Å². The fraction of sp³-hybridized carbons (Fsp3) is 0.600. The minimum Gasteiger partial charge on any atom is -0.491 e. The summed E-state index contributed by atoms with van der Waals surface area (Å²) >= 11 is 0. The van der Waals surface area contributed by atoms with Gasteiger partial charge in [-0.15, -0.1) is 0 Å². The minimum atomic E-state index is -0.749. The molecule has 1 atom stereocenters. The topological polar surface area (TPSA) is 35.0 Å². The van der Waals surface area contributed by atoms with Crippen LogP contribution in [0.3, 0.4) is 0 Å². The lowest BCUT2D eigenvalue weighted by atomic mass is 10.1. The molecule has 1 unspecified atom stereocenters. The molecule has 0 N–H and O–H groups in total. The fourth-order valence-electron chi connectivity index (χ4n) is 3.39. The van der Waals surface area contributed by atoms with Crippen LogP contribution in [0.25, 0.3) is 11.4 Å². The van der Waals surface area contributed by atoms with Gasteiger partial charge in [0.1, 0.15) is 0 Å². The van der Waals surface area contributed by atoms with Crippen molar-refractivity contribution in [3.63, 3.8) is 0 Å². The lowest BCUT2D eigenvalue weighted by Gasteiger charge is -2.09. The Bertz CT molecular complexity index is 720. The van der Waals surface area contributed by atoms with Crippen LogP contribution in [0, 0.1) is 5.82 Å². The minimum absolute atomic E-state index is 0.281. The largest absolute Gasteiger partial charge is 0.491 e. The first-order valence-electron chi connectivity index (χ1n) is 11.5. The van der Waals surface area contributed by atoms with Crippen LogP contribution in [0.5, 0.6) is 5.75 Å². The van der Waals surface area contributed by atoms with Gasteiger partial charge in [-0.1, -0.05) is 51.9 Å². The Morgan fingerprint density at radius 2 is 1.63 bits per heavy atom. The zero-order valence-electron chi connectivity index (χ0n) is 18.5. The summed E-state index contributed by atoms with van der Waals surface area (Å²) in [7, 11) is 0. The second-order valence-corrected chi connectivity index (χ2v) is 8.06. The number of alkyl halides is 1. The van der Waals surface area contributed by atoms with Crippen LogP contribution >= 0.6 is 0 Å². The van der Waals surface area contributed by atoms with E-state index in [1.807, 2.05) is 0 Å². The summed E-state index contributed by atoms with van der Waals surface area (Å²) in [6.07, 6.45) is 14.4. The molecule has 0 aliphatic heterocycles. The fourth-order valence-corrected chi connectivity index (χ4v) is 3.39. The summed E-state index contributed by atoms with van der Waals surface area (Å²) < 4.78 is 32.8. The number of aryl methyl sites for hydroxylation is 1. The molecule has 0 saturated carbocycles. The van der Waals surface area contributed by atoms with Crippen molar-refractivity contribution < 1.29 is 13.5 Å². The van der Waals surface area contributed by atoms with Gasteiger partial charge in [-0.3, -0.25) is 0 Å². The third-order valence-electron chi connectivity index (χ3n) is 5.22. The molecule has 3 nitrogen and oxygen atoms in total. The molecule has 0 amide bonds. The Labute approximate surface area is 180 Å². The van der Waals surface area contributed by atoms with Crippen molar-refractivity contribution in [1.82, 2.24) is 9.97 Å². The number of benzene rings is 1. The Balaban J connectivity index is 1.76. The SMILES string of the molecule is CCCCCCCCCOc1ccc(-c2ncc(CCCCC(C)F)cn2)cc1F. The number of unbranched alkanes of at least 4 members (excludes halogenated alkanes) is 7. The van der Waals surface area contributed by atoms with Crippen molar-refractivity contribution in [3.8, 4) is 17.1 Å². The molecule has 30 heavy (non-hydrogen) atoms. The van der Waals surface area contributed by atoms with Gasteiger partial charge in [0.05, 0.1) is 12.8 Å². The third kappa shape index (κ3) is 9.19. The van der Waals surface area contributed by atoms with E-state index >= 15 is 0 Å². The lowest BCUT2D eigenvalue weighted by Crippen LogP contribution is -2.00. The number of ether oxygens (including phenoxy) is 1. The Morgan fingerprint density at radius 1 is 0.933 bits per heavy atom. The molecule has 0 aliphatic carbocycles. The van der Waals surface area contributed by atoms with E-state index in [-0.39, 0.29) is 11.6 Å². The summed E-state index contributed by atoms with van der Waals surface area (Å²) in [4.78, 5) is 8.72. The van der Waals surface area contributed by atoms with E-state index < -0.39 is 6.17 Å². The number of hydrogen-bond acceptors (Lipinski definition) is 3. The van der Waals surface area contributed by atoms with Crippen molar-refractivity contribution >= 4 is 0 Å². The molecule has 1 aromatic carbocycles. The second kappa shape index (κ2) is 14.1. The van der Waals surface area contributed by atoms with E-state index in [2.05, 4.69) is 16.9 Å². The molecule has 0 radical (unpaired) electrons. The normalized spacial score (nSPS) is 12.1. The van der Waals surface area contributed by atoms with Crippen LogP contribution in [0.15, 0.2) is 30.6 Å². The maximum Gasteiger partial charge on any atom is 0.165 e. The molecule has 0 fully saturated rings. The first kappa shape index (κ1) is 24.2. The predicted molar refractivity (Wildman–Crippen MR) is 119 cm³/mol. The highest BCUT2D eigenvalue weighted by Crippen LogP contribution is 2.24. The predicted octanol–water partition coefficient (Wildman–Crippen LogP) is 7.48. The number of hydrogen-bond donors (Lipinski definition) is 0. The zero-order valence-corrected chi connectivity index (χ0v) is 18.5. The number of halogens is 2. The number of aromatic nitrogens is 2. The monoisotopic (exact) mass is 418 g/mol. The molecule has 2 rings (SSSR count). The summed E-state index contributed by atoms with van der Waals surface area (Å²) in [6, 6.07) is 4.87. The number of nitrogens with zero attached hydrogens (tertiary/aromatic N) is 2. The average Bonchev–Trinajstić information content (AvgIpc) is 2.74. The first-order chi connectivity index (χ1) is 14.6. The van der Waals surface area contributed by atoms with Gasteiger partial charge in [0.15, 0.2) is 17.4 Å². The molecular formula is C25H36F2N2O. The maximum atomic E-state index is 14.4. The van der Waals surface area contributed by atoms with Crippen LogP contribution < -0.4 is 4.74 Å². The Kier molecular flexibility index (Phi) is 11.3.